The number of benzene rings is 1. The summed E-state index contributed by atoms with van der Waals surface area (Å²) in [6, 6.07) is 9.55. The van der Waals surface area contributed by atoms with Crippen LogP contribution in [0, 0.1) is 11.8 Å². The Kier molecular flexibility index (Phi) is 5.69. The van der Waals surface area contributed by atoms with Crippen LogP contribution in [0.15, 0.2) is 35.1 Å². The van der Waals surface area contributed by atoms with Crippen LogP contribution < -0.4 is 10.9 Å². The number of piperidine rings is 1. The van der Waals surface area contributed by atoms with Crippen LogP contribution in [0.2, 0.25) is 0 Å². The van der Waals surface area contributed by atoms with Gasteiger partial charge in [0, 0.05) is 39.1 Å². The van der Waals surface area contributed by atoms with Gasteiger partial charge in [-0.25, -0.2) is 0 Å². The van der Waals surface area contributed by atoms with Crippen LogP contribution >= 0.6 is 0 Å². The SMILES string of the molecule is CC1CC(C)CN(CCCNC(=O)c2cc3c(=O)n(C)c4ccccc4c3n2C)C1. The van der Waals surface area contributed by atoms with Gasteiger partial charge in [-0.1, -0.05) is 32.0 Å². The molecule has 1 fully saturated rings. The van der Waals surface area contributed by atoms with Crippen molar-refractivity contribution in [3.63, 3.8) is 0 Å². The molecule has 1 N–H and O–H groups in total. The zero-order valence-corrected chi connectivity index (χ0v) is 18.4. The number of carbonyl (C=O) groups excluding carboxylic acids is 1. The Morgan fingerprint density at radius 3 is 2.50 bits per heavy atom. The highest BCUT2D eigenvalue weighted by Crippen LogP contribution is 2.25. The average Bonchev–Trinajstić information content (AvgIpc) is 3.06. The van der Waals surface area contributed by atoms with E-state index in [1.807, 2.05) is 35.9 Å². The van der Waals surface area contributed by atoms with E-state index in [4.69, 9.17) is 0 Å². The van der Waals surface area contributed by atoms with Crippen molar-refractivity contribution in [1.29, 1.82) is 0 Å². The third-order valence-corrected chi connectivity index (χ3v) is 6.40. The van der Waals surface area contributed by atoms with E-state index in [0.717, 1.165) is 54.3 Å². The fourth-order valence-corrected chi connectivity index (χ4v) is 5.14. The zero-order valence-electron chi connectivity index (χ0n) is 18.4. The van der Waals surface area contributed by atoms with Crippen LogP contribution in [0.4, 0.5) is 0 Å². The molecule has 4 rings (SSSR count). The van der Waals surface area contributed by atoms with Crippen molar-refractivity contribution in [3.05, 3.63) is 46.4 Å². The Bertz CT molecular complexity index is 1130. The maximum Gasteiger partial charge on any atom is 0.267 e. The first-order valence-corrected chi connectivity index (χ1v) is 10.9. The van der Waals surface area contributed by atoms with Crippen molar-refractivity contribution >= 4 is 27.7 Å². The molecule has 3 aromatic rings. The first kappa shape index (κ1) is 20.7. The molecule has 1 amide bonds. The van der Waals surface area contributed by atoms with Crippen LogP contribution in [-0.4, -0.2) is 46.1 Å². The molecule has 160 valence electrons. The Labute approximate surface area is 177 Å². The second-order valence-electron chi connectivity index (χ2n) is 9.05. The van der Waals surface area contributed by atoms with Crippen molar-refractivity contribution < 1.29 is 4.79 Å². The number of aromatic nitrogens is 2. The van der Waals surface area contributed by atoms with Crippen LogP contribution in [-0.2, 0) is 14.1 Å². The summed E-state index contributed by atoms with van der Waals surface area (Å²) in [6.07, 6.45) is 2.24. The Hall–Kier alpha value is -2.60. The molecule has 0 saturated carbocycles. The molecule has 0 aliphatic carbocycles. The van der Waals surface area contributed by atoms with E-state index >= 15 is 0 Å². The predicted molar refractivity (Wildman–Crippen MR) is 122 cm³/mol. The third-order valence-electron chi connectivity index (χ3n) is 6.40. The highest BCUT2D eigenvalue weighted by molar-refractivity contribution is 6.08. The monoisotopic (exact) mass is 408 g/mol. The number of para-hydroxylation sites is 1. The number of nitrogens with zero attached hydrogens (tertiary/aromatic N) is 3. The van der Waals surface area contributed by atoms with Gasteiger partial charge in [0.2, 0.25) is 0 Å². The lowest BCUT2D eigenvalue weighted by Crippen LogP contribution is -2.40. The fraction of sp³-hybridized carbons (Fsp3) is 0.500. The Morgan fingerprint density at radius 1 is 1.07 bits per heavy atom. The molecule has 1 aliphatic heterocycles. The second kappa shape index (κ2) is 8.26. The highest BCUT2D eigenvalue weighted by atomic mass is 16.2. The van der Waals surface area contributed by atoms with Crippen molar-refractivity contribution in [2.75, 3.05) is 26.2 Å². The minimum absolute atomic E-state index is 0.0771. The quantitative estimate of drug-likeness (QED) is 0.660. The molecule has 1 saturated heterocycles. The van der Waals surface area contributed by atoms with E-state index in [2.05, 4.69) is 24.1 Å². The lowest BCUT2D eigenvalue weighted by Gasteiger charge is -2.34. The molecule has 6 nitrogen and oxygen atoms in total. The number of hydrogen-bond acceptors (Lipinski definition) is 3. The Morgan fingerprint density at radius 2 is 1.77 bits per heavy atom. The van der Waals surface area contributed by atoms with Gasteiger partial charge in [-0.15, -0.1) is 0 Å². The lowest BCUT2D eigenvalue weighted by atomic mass is 9.92. The van der Waals surface area contributed by atoms with Crippen LogP contribution in [0.3, 0.4) is 0 Å². The smallest absolute Gasteiger partial charge is 0.267 e. The summed E-state index contributed by atoms with van der Waals surface area (Å²) in [4.78, 5) is 28.2. The summed E-state index contributed by atoms with van der Waals surface area (Å²) < 4.78 is 3.50. The Balaban J connectivity index is 1.49. The molecule has 3 heterocycles. The molecule has 2 atom stereocenters. The van der Waals surface area contributed by atoms with Crippen molar-refractivity contribution in [2.24, 2.45) is 25.9 Å². The number of hydrogen-bond donors (Lipinski definition) is 1. The average molecular weight is 409 g/mol. The van der Waals surface area contributed by atoms with E-state index in [1.165, 1.54) is 6.42 Å². The fourth-order valence-electron chi connectivity index (χ4n) is 5.14. The molecular weight excluding hydrogens is 376 g/mol. The molecule has 30 heavy (non-hydrogen) atoms. The standard InChI is InChI=1S/C24H32N4O2/c1-16-12-17(2)15-28(14-16)11-7-10-25-23(29)21-13-19-22(26(21)3)18-8-5-6-9-20(18)27(4)24(19)30/h5-6,8-9,13,16-17H,7,10-12,14-15H2,1-4H3,(H,25,29). The number of likely N-dealkylation sites (tertiary alicyclic amines) is 1. The second-order valence-corrected chi connectivity index (χ2v) is 9.05. The summed E-state index contributed by atoms with van der Waals surface area (Å²) >= 11 is 0. The predicted octanol–water partition coefficient (Wildman–Crippen LogP) is 3.13. The van der Waals surface area contributed by atoms with Gasteiger partial charge in [-0.3, -0.25) is 9.59 Å². The van der Waals surface area contributed by atoms with E-state index in [9.17, 15) is 9.59 Å². The first-order valence-electron chi connectivity index (χ1n) is 10.9. The number of pyridine rings is 1. The first-order chi connectivity index (χ1) is 14.4. The van der Waals surface area contributed by atoms with Gasteiger partial charge in [0.15, 0.2) is 0 Å². The van der Waals surface area contributed by atoms with Crippen molar-refractivity contribution in [2.45, 2.75) is 26.7 Å². The van der Waals surface area contributed by atoms with E-state index in [0.29, 0.717) is 17.6 Å². The van der Waals surface area contributed by atoms with Gasteiger partial charge < -0.3 is 19.4 Å². The van der Waals surface area contributed by atoms with Crippen molar-refractivity contribution in [3.8, 4) is 0 Å². The number of aryl methyl sites for hydroxylation is 2. The lowest BCUT2D eigenvalue weighted by molar-refractivity contribution is 0.0939. The van der Waals surface area contributed by atoms with Gasteiger partial charge >= 0.3 is 0 Å². The molecule has 1 aromatic carbocycles. The summed E-state index contributed by atoms with van der Waals surface area (Å²) in [7, 11) is 3.64. The molecule has 0 spiro atoms. The van der Waals surface area contributed by atoms with Crippen LogP contribution in [0.25, 0.3) is 21.8 Å². The number of rotatable bonds is 5. The van der Waals surface area contributed by atoms with Crippen LogP contribution in [0.5, 0.6) is 0 Å². The zero-order chi connectivity index (χ0) is 21.4. The molecule has 2 aromatic heterocycles. The summed E-state index contributed by atoms with van der Waals surface area (Å²) in [5.41, 5.74) is 2.13. The van der Waals surface area contributed by atoms with Gasteiger partial charge in [-0.05, 0) is 43.4 Å². The number of nitrogens with one attached hydrogen (secondary N) is 1. The van der Waals surface area contributed by atoms with Gasteiger partial charge in [0.1, 0.15) is 5.69 Å². The minimum atomic E-state index is -0.125. The van der Waals surface area contributed by atoms with Crippen molar-refractivity contribution in [1.82, 2.24) is 19.4 Å². The molecule has 1 aliphatic rings. The summed E-state index contributed by atoms with van der Waals surface area (Å²) in [5, 5.41) is 4.61. The molecule has 6 heteroatoms. The summed E-state index contributed by atoms with van der Waals surface area (Å²) in [5.74, 6) is 1.37. The van der Waals surface area contributed by atoms with E-state index in [1.54, 1.807) is 17.7 Å². The molecule has 0 radical (unpaired) electrons. The van der Waals surface area contributed by atoms with E-state index in [-0.39, 0.29) is 11.5 Å². The third kappa shape index (κ3) is 3.76. The topological polar surface area (TPSA) is 59.3 Å². The number of fused-ring (bicyclic) bond motifs is 3. The maximum atomic E-state index is 12.9. The molecule has 2 unspecified atom stereocenters. The normalized spacial score (nSPS) is 20.1. The van der Waals surface area contributed by atoms with Crippen LogP contribution in [0.1, 0.15) is 37.2 Å². The van der Waals surface area contributed by atoms with Gasteiger partial charge in [0.25, 0.3) is 11.5 Å². The number of carbonyl (C=O) groups is 1. The largest absolute Gasteiger partial charge is 0.351 e. The minimum Gasteiger partial charge on any atom is -0.351 e. The summed E-state index contributed by atoms with van der Waals surface area (Å²) in [6.45, 7) is 8.58. The molecule has 0 bridgehead atoms. The molecular formula is C24H32N4O2. The number of amides is 1. The van der Waals surface area contributed by atoms with Gasteiger partial charge in [0.05, 0.1) is 16.4 Å². The maximum absolute atomic E-state index is 12.9. The van der Waals surface area contributed by atoms with E-state index < -0.39 is 0 Å². The van der Waals surface area contributed by atoms with Gasteiger partial charge in [-0.2, -0.15) is 0 Å². The highest BCUT2D eigenvalue weighted by Gasteiger charge is 2.22.